The number of nitrogens with zero attached hydrogens (tertiary/aromatic N) is 1. The molecule has 35 heavy (non-hydrogen) atoms. The maximum atomic E-state index is 13.9. The smallest absolute Gasteiger partial charge is 0.255 e. The zero-order valence-electron chi connectivity index (χ0n) is 17.2. The van der Waals surface area contributed by atoms with Crippen LogP contribution in [-0.4, -0.2) is 15.9 Å². The lowest BCUT2D eigenvalue weighted by atomic mass is 10.2. The summed E-state index contributed by atoms with van der Waals surface area (Å²) in [5.74, 6) is -12.7. The van der Waals surface area contributed by atoms with Crippen molar-refractivity contribution in [1.82, 2.24) is 4.57 Å². The van der Waals surface area contributed by atoms with Crippen LogP contribution in [0.3, 0.4) is 0 Å². The number of aromatic nitrogens is 1. The fraction of sp³-hybridized carbons (Fsp3) is 0.0455. The molecule has 0 saturated heterocycles. The first-order valence-electron chi connectivity index (χ1n) is 9.36. The highest BCUT2D eigenvalue weighted by Gasteiger charge is 2.29. The number of hydrogen-bond donors (Lipinski definition) is 0. The molecule has 4 aromatic rings. The van der Waals surface area contributed by atoms with Crippen molar-refractivity contribution in [2.45, 2.75) is 4.90 Å². The fourth-order valence-corrected chi connectivity index (χ4v) is 4.49. The van der Waals surface area contributed by atoms with Crippen molar-refractivity contribution < 1.29 is 35.1 Å². The number of fused-ring (bicyclic) bond motifs is 1. The van der Waals surface area contributed by atoms with Gasteiger partial charge in [-0.2, -0.15) is 8.78 Å². The number of benzene rings is 3. The average molecular weight is 595 g/mol. The molecular weight excluding hydrogens is 585 g/mol. The lowest BCUT2D eigenvalue weighted by Crippen LogP contribution is -2.18. The number of methoxy groups -OCH3 is 1. The van der Waals surface area contributed by atoms with E-state index in [-0.39, 0.29) is 4.90 Å². The lowest BCUT2D eigenvalue weighted by Gasteiger charge is -2.15. The van der Waals surface area contributed by atoms with E-state index in [0.717, 1.165) is 0 Å². The Bertz CT molecular complexity index is 1570. The number of hydrogen-bond acceptors (Lipinski definition) is 4. The van der Waals surface area contributed by atoms with Crippen LogP contribution in [0.1, 0.15) is 0 Å². The highest BCUT2D eigenvalue weighted by molar-refractivity contribution is 9.10. The van der Waals surface area contributed by atoms with E-state index in [2.05, 4.69) is 20.1 Å². The van der Waals surface area contributed by atoms with Gasteiger partial charge in [-0.05, 0) is 52.3 Å². The topological polar surface area (TPSA) is 57.5 Å². The van der Waals surface area contributed by atoms with Crippen molar-refractivity contribution in [1.29, 1.82) is 0 Å². The molecular formula is C22H10BrClF5NO4S. The molecule has 3 aromatic carbocycles. The van der Waals surface area contributed by atoms with Gasteiger partial charge in [0, 0.05) is 15.9 Å². The van der Waals surface area contributed by atoms with Gasteiger partial charge in [-0.15, -0.1) is 0 Å². The van der Waals surface area contributed by atoms with Gasteiger partial charge in [0.2, 0.25) is 45.9 Å². The third-order valence-corrected chi connectivity index (χ3v) is 7.00. The molecule has 13 heteroatoms. The van der Waals surface area contributed by atoms with Crippen LogP contribution in [0.15, 0.2) is 56.6 Å². The summed E-state index contributed by atoms with van der Waals surface area (Å²) in [5.41, 5.74) is 0.148. The van der Waals surface area contributed by atoms with Crippen LogP contribution in [0.2, 0.25) is 5.02 Å². The van der Waals surface area contributed by atoms with E-state index >= 15 is 0 Å². The minimum atomic E-state index is -2.68. The Kier molecular flexibility index (Phi) is 6.89. The predicted octanol–water partition coefficient (Wildman–Crippen LogP) is 6.21. The van der Waals surface area contributed by atoms with E-state index in [0.29, 0.717) is 31.8 Å². The summed E-state index contributed by atoms with van der Waals surface area (Å²) in [6, 6.07) is 9.47. The van der Waals surface area contributed by atoms with Gasteiger partial charge < -0.3 is 8.92 Å². The summed E-state index contributed by atoms with van der Waals surface area (Å²) in [6.45, 7) is 0. The maximum Gasteiger partial charge on any atom is 0.255 e. The van der Waals surface area contributed by atoms with E-state index in [1.807, 2.05) is 0 Å². The van der Waals surface area contributed by atoms with E-state index in [9.17, 15) is 31.0 Å². The number of rotatable bonds is 5. The Morgan fingerprint density at radius 3 is 2.17 bits per heavy atom. The van der Waals surface area contributed by atoms with Crippen LogP contribution in [-0.2, 0) is 11.1 Å². The van der Waals surface area contributed by atoms with Crippen LogP contribution in [0, 0.1) is 29.1 Å². The quantitative estimate of drug-likeness (QED) is 0.157. The Balaban J connectivity index is 1.81. The molecule has 0 N–H and O–H groups in total. The molecule has 0 aliphatic carbocycles. The molecule has 0 spiro atoms. The molecule has 0 radical (unpaired) electrons. The predicted molar refractivity (Wildman–Crippen MR) is 122 cm³/mol. The van der Waals surface area contributed by atoms with E-state index in [4.69, 9.17) is 16.3 Å². The molecule has 4 rings (SSSR count). The molecule has 1 unspecified atom stereocenters. The van der Waals surface area contributed by atoms with Crippen molar-refractivity contribution in [3.8, 4) is 17.2 Å². The molecule has 1 heterocycles. The zero-order valence-corrected chi connectivity index (χ0v) is 20.3. The Labute approximate surface area is 209 Å². The van der Waals surface area contributed by atoms with Crippen LogP contribution < -0.4 is 14.5 Å². The number of halogens is 7. The minimum absolute atomic E-state index is 0.174. The molecule has 182 valence electrons. The first-order valence-corrected chi connectivity index (χ1v) is 11.6. The molecule has 0 aliphatic heterocycles. The summed E-state index contributed by atoms with van der Waals surface area (Å²) in [6.07, 6.45) is 0. The first-order chi connectivity index (χ1) is 16.5. The van der Waals surface area contributed by atoms with Gasteiger partial charge in [0.05, 0.1) is 28.2 Å². The summed E-state index contributed by atoms with van der Waals surface area (Å²) < 4.78 is 92.2. The Hall–Kier alpha value is -2.96. The fourth-order valence-electron chi connectivity index (χ4n) is 3.21. The molecule has 0 fully saturated rings. The average Bonchev–Trinajstić information content (AvgIpc) is 2.85. The highest BCUT2D eigenvalue weighted by Crippen LogP contribution is 2.35. The highest BCUT2D eigenvalue weighted by atomic mass is 79.9. The van der Waals surface area contributed by atoms with Gasteiger partial charge in [0.15, 0.2) is 0 Å². The number of ether oxygens (including phenoxy) is 1. The van der Waals surface area contributed by atoms with Gasteiger partial charge in [0.25, 0.3) is 5.56 Å². The lowest BCUT2D eigenvalue weighted by molar-refractivity contribution is 0.352. The monoisotopic (exact) mass is 593 g/mol. The first kappa shape index (κ1) is 25.1. The number of pyridine rings is 1. The Morgan fingerprint density at radius 2 is 1.54 bits per heavy atom. The van der Waals surface area contributed by atoms with E-state index < -0.39 is 51.5 Å². The molecule has 0 saturated carbocycles. The van der Waals surface area contributed by atoms with Crippen molar-refractivity contribution in [2.24, 2.45) is 0 Å². The second-order valence-electron chi connectivity index (χ2n) is 6.88. The second-order valence-corrected chi connectivity index (χ2v) is 9.25. The van der Waals surface area contributed by atoms with Gasteiger partial charge >= 0.3 is 0 Å². The SMILES string of the molecule is COc1cc(Br)c(Cl)cc1-n1c(=O)ccc2cc(S(=O)Oc3c(F)c(F)c(F)c(F)c3F)ccc21. The van der Waals surface area contributed by atoms with Gasteiger partial charge in [-0.3, -0.25) is 9.36 Å². The van der Waals surface area contributed by atoms with Crippen LogP contribution >= 0.6 is 27.5 Å². The summed E-state index contributed by atoms with van der Waals surface area (Å²) in [5, 5.41) is 0.621. The zero-order chi connectivity index (χ0) is 25.6. The minimum Gasteiger partial charge on any atom is -0.495 e. The second kappa shape index (κ2) is 9.59. The van der Waals surface area contributed by atoms with Gasteiger partial charge in [-0.1, -0.05) is 11.6 Å². The van der Waals surface area contributed by atoms with Crippen molar-refractivity contribution >= 4 is 49.5 Å². The maximum absolute atomic E-state index is 13.9. The van der Waals surface area contributed by atoms with Crippen LogP contribution in [0.4, 0.5) is 22.0 Å². The standard InChI is InChI=1S/C22H10BrClF5NO4S/c1-33-15-7-11(23)12(24)8-14(15)30-13-4-3-10(6-9(13)2-5-16(30)31)35(32)34-22-20(28)18(26)17(25)19(27)21(22)29/h2-8H,1H3. The van der Waals surface area contributed by atoms with E-state index in [1.54, 1.807) is 6.07 Å². The molecule has 1 aromatic heterocycles. The summed E-state index contributed by atoms with van der Waals surface area (Å²) in [4.78, 5) is 12.5. The van der Waals surface area contributed by atoms with Crippen molar-refractivity contribution in [3.63, 3.8) is 0 Å². The molecule has 0 bridgehead atoms. The molecule has 5 nitrogen and oxygen atoms in total. The summed E-state index contributed by atoms with van der Waals surface area (Å²) in [7, 11) is 1.40. The molecule has 0 amide bonds. The van der Waals surface area contributed by atoms with Crippen molar-refractivity contribution in [3.05, 3.63) is 91.4 Å². The van der Waals surface area contributed by atoms with E-state index in [1.165, 1.54) is 48.1 Å². The third kappa shape index (κ3) is 4.41. The summed E-state index contributed by atoms with van der Waals surface area (Å²) >= 11 is 6.78. The normalized spacial score (nSPS) is 12.1. The van der Waals surface area contributed by atoms with Crippen LogP contribution in [0.5, 0.6) is 11.5 Å². The van der Waals surface area contributed by atoms with Crippen LogP contribution in [0.25, 0.3) is 16.6 Å². The van der Waals surface area contributed by atoms with Gasteiger partial charge in [-0.25, -0.2) is 17.4 Å². The molecule has 0 aliphatic rings. The molecule has 1 atom stereocenters. The van der Waals surface area contributed by atoms with Crippen molar-refractivity contribution in [2.75, 3.05) is 7.11 Å². The largest absolute Gasteiger partial charge is 0.495 e. The van der Waals surface area contributed by atoms with Gasteiger partial charge in [0.1, 0.15) is 5.75 Å². The Morgan fingerprint density at radius 1 is 0.914 bits per heavy atom. The third-order valence-electron chi connectivity index (χ3n) is 4.85.